The highest BCUT2D eigenvalue weighted by molar-refractivity contribution is 9.10. The summed E-state index contributed by atoms with van der Waals surface area (Å²) < 4.78 is 6.67. The Morgan fingerprint density at radius 1 is 0.971 bits per heavy atom. The fourth-order valence-corrected chi connectivity index (χ4v) is 4.53. The van der Waals surface area contributed by atoms with Gasteiger partial charge in [0.1, 0.15) is 17.9 Å². The molecule has 0 bridgehead atoms. The predicted molar refractivity (Wildman–Crippen MR) is 140 cm³/mol. The lowest BCUT2D eigenvalue weighted by Crippen LogP contribution is -2.54. The van der Waals surface area contributed by atoms with E-state index in [1.165, 1.54) is 6.08 Å². The van der Waals surface area contributed by atoms with Crippen molar-refractivity contribution in [1.29, 1.82) is 0 Å². The number of aryl methyl sites for hydroxylation is 2. The highest BCUT2D eigenvalue weighted by atomic mass is 79.9. The number of carbonyl (C=O) groups is 3. The molecular formula is C26H19BrCl2N2O4. The summed E-state index contributed by atoms with van der Waals surface area (Å²) in [5.74, 6) is -1.09. The summed E-state index contributed by atoms with van der Waals surface area (Å²) in [6, 6.07) is 14.8. The number of anilines is 1. The highest BCUT2D eigenvalue weighted by Gasteiger charge is 2.37. The van der Waals surface area contributed by atoms with Gasteiger partial charge in [0.25, 0.3) is 11.8 Å². The van der Waals surface area contributed by atoms with Gasteiger partial charge in [0, 0.05) is 25.6 Å². The minimum Gasteiger partial charge on any atom is -0.488 e. The Bertz CT molecular complexity index is 1380. The first kappa shape index (κ1) is 25.0. The van der Waals surface area contributed by atoms with Crippen LogP contribution in [0.1, 0.15) is 22.3 Å². The third kappa shape index (κ3) is 5.59. The first-order chi connectivity index (χ1) is 16.6. The normalized spacial score (nSPS) is 14.9. The van der Waals surface area contributed by atoms with Crippen molar-refractivity contribution in [3.8, 4) is 5.75 Å². The third-order valence-corrected chi connectivity index (χ3v) is 6.32. The summed E-state index contributed by atoms with van der Waals surface area (Å²) >= 11 is 15.6. The molecule has 1 fully saturated rings. The predicted octanol–water partition coefficient (Wildman–Crippen LogP) is 6.62. The molecule has 1 N–H and O–H groups in total. The minimum absolute atomic E-state index is 0.140. The van der Waals surface area contributed by atoms with Crippen molar-refractivity contribution in [3.63, 3.8) is 0 Å². The summed E-state index contributed by atoms with van der Waals surface area (Å²) in [6.45, 7) is 3.87. The summed E-state index contributed by atoms with van der Waals surface area (Å²) in [4.78, 5) is 39.5. The van der Waals surface area contributed by atoms with Gasteiger partial charge in [0.05, 0.1) is 5.69 Å². The van der Waals surface area contributed by atoms with Crippen LogP contribution in [-0.4, -0.2) is 17.8 Å². The van der Waals surface area contributed by atoms with Crippen LogP contribution < -0.4 is 15.0 Å². The molecule has 4 rings (SSSR count). The van der Waals surface area contributed by atoms with E-state index >= 15 is 0 Å². The number of amides is 4. The fourth-order valence-electron chi connectivity index (χ4n) is 3.68. The standard InChI is InChI=1S/C26H19BrCl2N2O4/c1-14-7-15(2)9-20(8-14)31-25(33)21(24(32)30-26(31)34)11-17-10-18(27)4-6-23(17)35-13-16-3-5-19(28)12-22(16)29/h3-12H,13H2,1-2H3,(H,30,32,34)/b21-11+. The minimum atomic E-state index is -0.801. The number of rotatable bonds is 5. The zero-order chi connectivity index (χ0) is 25.3. The van der Waals surface area contributed by atoms with Crippen LogP contribution in [0, 0.1) is 13.8 Å². The molecule has 0 aliphatic carbocycles. The number of nitrogens with one attached hydrogen (secondary N) is 1. The number of hydrogen-bond acceptors (Lipinski definition) is 4. The molecule has 6 nitrogen and oxygen atoms in total. The Morgan fingerprint density at radius 2 is 1.69 bits per heavy atom. The number of benzene rings is 3. The van der Waals surface area contributed by atoms with Crippen molar-refractivity contribution in [3.05, 3.63) is 96.9 Å². The van der Waals surface area contributed by atoms with E-state index in [2.05, 4.69) is 21.2 Å². The van der Waals surface area contributed by atoms with E-state index in [1.54, 1.807) is 48.5 Å². The second-order valence-corrected chi connectivity index (χ2v) is 9.77. The second kappa shape index (κ2) is 10.2. The van der Waals surface area contributed by atoms with E-state index in [0.29, 0.717) is 31.5 Å². The van der Waals surface area contributed by atoms with Gasteiger partial charge in [-0.05, 0) is 73.5 Å². The van der Waals surface area contributed by atoms with Crippen LogP contribution in [0.3, 0.4) is 0 Å². The van der Waals surface area contributed by atoms with Crippen molar-refractivity contribution < 1.29 is 19.1 Å². The Labute approximate surface area is 220 Å². The topological polar surface area (TPSA) is 75.7 Å². The summed E-state index contributed by atoms with van der Waals surface area (Å²) in [5, 5.41) is 3.22. The molecule has 35 heavy (non-hydrogen) atoms. The molecule has 1 heterocycles. The number of halogens is 3. The molecule has 1 aliphatic rings. The van der Waals surface area contributed by atoms with Crippen molar-refractivity contribution in [1.82, 2.24) is 5.32 Å². The molecule has 178 valence electrons. The Balaban J connectivity index is 1.69. The molecule has 1 aliphatic heterocycles. The number of urea groups is 1. The molecule has 3 aromatic carbocycles. The highest BCUT2D eigenvalue weighted by Crippen LogP contribution is 2.30. The summed E-state index contributed by atoms with van der Waals surface area (Å²) in [5.41, 5.74) is 3.13. The molecule has 9 heteroatoms. The van der Waals surface area contributed by atoms with E-state index in [1.807, 2.05) is 19.9 Å². The van der Waals surface area contributed by atoms with Crippen LogP contribution in [0.5, 0.6) is 5.75 Å². The number of ether oxygens (including phenoxy) is 1. The SMILES string of the molecule is Cc1cc(C)cc(N2C(=O)NC(=O)/C(=C\c3cc(Br)ccc3OCc3ccc(Cl)cc3Cl)C2=O)c1. The van der Waals surface area contributed by atoms with Crippen LogP contribution in [0.2, 0.25) is 10.0 Å². The number of imide groups is 2. The van der Waals surface area contributed by atoms with Gasteiger partial charge in [-0.3, -0.25) is 14.9 Å². The molecular weight excluding hydrogens is 555 g/mol. The van der Waals surface area contributed by atoms with Crippen LogP contribution >= 0.6 is 39.1 Å². The molecule has 0 unspecified atom stereocenters. The maximum atomic E-state index is 13.3. The Hall–Kier alpha value is -3.13. The van der Waals surface area contributed by atoms with Crippen LogP contribution in [0.25, 0.3) is 6.08 Å². The van der Waals surface area contributed by atoms with Crippen LogP contribution in [0.15, 0.2) is 64.6 Å². The van der Waals surface area contributed by atoms with Gasteiger partial charge in [-0.1, -0.05) is 51.3 Å². The van der Waals surface area contributed by atoms with Gasteiger partial charge in [-0.25, -0.2) is 9.69 Å². The first-order valence-electron chi connectivity index (χ1n) is 10.5. The van der Waals surface area contributed by atoms with Gasteiger partial charge in [0.2, 0.25) is 0 Å². The molecule has 0 spiro atoms. The molecule has 0 radical (unpaired) electrons. The van der Waals surface area contributed by atoms with Gasteiger partial charge in [0.15, 0.2) is 0 Å². The average Bonchev–Trinajstić information content (AvgIpc) is 2.76. The Kier molecular flexibility index (Phi) is 7.31. The molecule has 3 aromatic rings. The molecule has 0 saturated carbocycles. The van der Waals surface area contributed by atoms with E-state index in [-0.39, 0.29) is 12.2 Å². The van der Waals surface area contributed by atoms with Crippen molar-refractivity contribution in [2.45, 2.75) is 20.5 Å². The van der Waals surface area contributed by atoms with E-state index in [0.717, 1.165) is 21.6 Å². The van der Waals surface area contributed by atoms with Crippen molar-refractivity contribution in [2.24, 2.45) is 0 Å². The largest absolute Gasteiger partial charge is 0.488 e. The number of carbonyl (C=O) groups excluding carboxylic acids is 3. The molecule has 4 amide bonds. The lowest BCUT2D eigenvalue weighted by molar-refractivity contribution is -0.122. The molecule has 0 aromatic heterocycles. The Morgan fingerprint density at radius 3 is 2.37 bits per heavy atom. The number of nitrogens with zero attached hydrogens (tertiary/aromatic N) is 1. The lowest BCUT2D eigenvalue weighted by atomic mass is 10.0. The maximum Gasteiger partial charge on any atom is 0.335 e. The molecule has 0 atom stereocenters. The lowest BCUT2D eigenvalue weighted by Gasteiger charge is -2.27. The summed E-state index contributed by atoms with van der Waals surface area (Å²) in [7, 11) is 0. The maximum absolute atomic E-state index is 13.3. The van der Waals surface area contributed by atoms with Gasteiger partial charge < -0.3 is 4.74 Å². The van der Waals surface area contributed by atoms with Crippen molar-refractivity contribution in [2.75, 3.05) is 4.90 Å². The summed E-state index contributed by atoms with van der Waals surface area (Å²) in [6.07, 6.45) is 1.41. The second-order valence-electron chi connectivity index (χ2n) is 8.01. The van der Waals surface area contributed by atoms with Crippen molar-refractivity contribution >= 4 is 68.7 Å². The van der Waals surface area contributed by atoms with Gasteiger partial charge in [-0.2, -0.15) is 0 Å². The number of hydrogen-bond donors (Lipinski definition) is 1. The zero-order valence-corrected chi connectivity index (χ0v) is 21.8. The van der Waals surface area contributed by atoms with E-state index in [9.17, 15) is 14.4 Å². The van der Waals surface area contributed by atoms with Crippen LogP contribution in [-0.2, 0) is 16.2 Å². The monoisotopic (exact) mass is 572 g/mol. The van der Waals surface area contributed by atoms with Crippen LogP contribution in [0.4, 0.5) is 10.5 Å². The van der Waals surface area contributed by atoms with E-state index in [4.69, 9.17) is 27.9 Å². The zero-order valence-electron chi connectivity index (χ0n) is 18.7. The van der Waals surface area contributed by atoms with E-state index < -0.39 is 17.8 Å². The molecule has 1 saturated heterocycles. The average molecular weight is 574 g/mol. The third-order valence-electron chi connectivity index (χ3n) is 5.24. The van der Waals surface area contributed by atoms with Gasteiger partial charge >= 0.3 is 6.03 Å². The first-order valence-corrected chi connectivity index (χ1v) is 12.0. The fraction of sp³-hybridized carbons (Fsp3) is 0.115. The van der Waals surface area contributed by atoms with Gasteiger partial charge in [-0.15, -0.1) is 0 Å². The smallest absolute Gasteiger partial charge is 0.335 e. The number of barbiturate groups is 1. The quantitative estimate of drug-likeness (QED) is 0.275.